The van der Waals surface area contributed by atoms with Crippen molar-refractivity contribution in [3.05, 3.63) is 54.1 Å². The van der Waals surface area contributed by atoms with Crippen molar-refractivity contribution in [2.24, 2.45) is 0 Å². The number of aryl methyl sites for hydroxylation is 1. The third-order valence-electron chi connectivity index (χ3n) is 5.45. The highest BCUT2D eigenvalue weighted by Gasteiger charge is 2.44. The van der Waals surface area contributed by atoms with Gasteiger partial charge in [-0.1, -0.05) is 42.5 Å². The van der Waals surface area contributed by atoms with Crippen molar-refractivity contribution in [2.45, 2.75) is 50.5 Å². The van der Waals surface area contributed by atoms with Crippen molar-refractivity contribution < 1.29 is 43.9 Å². The summed E-state index contributed by atoms with van der Waals surface area (Å²) in [5.74, 6) is 0.384. The molecule has 2 aromatic rings. The highest BCUT2D eigenvalue weighted by atomic mass is 31.2. The Bertz CT molecular complexity index is 951. The lowest BCUT2D eigenvalue weighted by molar-refractivity contribution is -0.277. The lowest BCUT2D eigenvalue weighted by Gasteiger charge is -2.39. The zero-order valence-corrected chi connectivity index (χ0v) is 19.3. The van der Waals surface area contributed by atoms with Crippen LogP contribution in [0.1, 0.15) is 18.9 Å². The monoisotopic (exact) mass is 482 g/mol. The fraction of sp³-hybridized carbons (Fsp3) is 0.478. The van der Waals surface area contributed by atoms with Gasteiger partial charge in [-0.2, -0.15) is 0 Å². The van der Waals surface area contributed by atoms with E-state index < -0.39 is 44.9 Å². The van der Waals surface area contributed by atoms with E-state index >= 15 is 0 Å². The minimum Gasteiger partial charge on any atom is -0.461 e. The normalized spacial score (nSPS) is 27.2. The largest absolute Gasteiger partial charge is 0.461 e. The molecule has 1 aliphatic rings. The summed E-state index contributed by atoms with van der Waals surface area (Å²) in [5.41, 5.74) is 2.50. The SMILES string of the molecule is CCOP(=O)(O)CCCc1cccc(-c2ccccc2O[C@H]2O[C@H](CO)[C@@H](O)[C@H](O)[C@@H]2O)c1. The third kappa shape index (κ3) is 6.62. The minimum absolute atomic E-state index is 0.0713. The molecule has 5 N–H and O–H groups in total. The van der Waals surface area contributed by atoms with Gasteiger partial charge in [0.15, 0.2) is 0 Å². The minimum atomic E-state index is -3.56. The van der Waals surface area contributed by atoms with Gasteiger partial charge < -0.3 is 39.3 Å². The smallest absolute Gasteiger partial charge is 0.328 e. The van der Waals surface area contributed by atoms with E-state index in [0.717, 1.165) is 11.1 Å². The van der Waals surface area contributed by atoms with Crippen LogP contribution in [-0.4, -0.2) is 75.4 Å². The molecule has 0 aromatic heterocycles. The summed E-state index contributed by atoms with van der Waals surface area (Å²) in [6.07, 6.45) is -5.72. The number of hydrogen-bond acceptors (Lipinski definition) is 8. The zero-order chi connectivity index (χ0) is 24.0. The molecule has 0 saturated carbocycles. The highest BCUT2D eigenvalue weighted by Crippen LogP contribution is 2.42. The van der Waals surface area contributed by atoms with Gasteiger partial charge in [-0.15, -0.1) is 0 Å². The first-order valence-electron chi connectivity index (χ1n) is 10.9. The Morgan fingerprint density at radius 1 is 1.03 bits per heavy atom. The molecule has 1 unspecified atom stereocenters. The first kappa shape index (κ1) is 25.8. The van der Waals surface area contributed by atoms with Crippen LogP contribution in [-0.2, 0) is 20.2 Å². The molecule has 1 saturated heterocycles. The van der Waals surface area contributed by atoms with Gasteiger partial charge in [-0.25, -0.2) is 0 Å². The van der Waals surface area contributed by atoms with Crippen LogP contribution in [0.2, 0.25) is 0 Å². The molecular weight excluding hydrogens is 451 g/mol. The number of para-hydroxylation sites is 1. The van der Waals surface area contributed by atoms with Gasteiger partial charge in [0.05, 0.1) is 19.4 Å². The molecule has 182 valence electrons. The average Bonchev–Trinajstić information content (AvgIpc) is 2.80. The Labute approximate surface area is 192 Å². The fourth-order valence-corrected chi connectivity index (χ4v) is 4.83. The molecule has 1 heterocycles. The summed E-state index contributed by atoms with van der Waals surface area (Å²) >= 11 is 0. The Morgan fingerprint density at radius 3 is 2.52 bits per heavy atom. The molecule has 0 radical (unpaired) electrons. The molecule has 9 nitrogen and oxygen atoms in total. The van der Waals surface area contributed by atoms with Crippen molar-refractivity contribution in [1.29, 1.82) is 0 Å². The van der Waals surface area contributed by atoms with E-state index in [4.69, 9.17) is 14.0 Å². The predicted molar refractivity (Wildman–Crippen MR) is 121 cm³/mol. The number of ether oxygens (including phenoxy) is 2. The van der Waals surface area contributed by atoms with Crippen molar-refractivity contribution in [3.63, 3.8) is 0 Å². The van der Waals surface area contributed by atoms with Gasteiger partial charge in [-0.3, -0.25) is 4.57 Å². The van der Waals surface area contributed by atoms with E-state index in [1.54, 1.807) is 19.1 Å². The van der Waals surface area contributed by atoms with Crippen molar-refractivity contribution in [2.75, 3.05) is 19.4 Å². The summed E-state index contributed by atoms with van der Waals surface area (Å²) in [5, 5.41) is 39.7. The van der Waals surface area contributed by atoms with Crippen LogP contribution in [0.25, 0.3) is 11.1 Å². The third-order valence-corrected chi connectivity index (χ3v) is 7.00. The Morgan fingerprint density at radius 2 is 1.79 bits per heavy atom. The zero-order valence-electron chi connectivity index (χ0n) is 18.4. The Balaban J connectivity index is 1.75. The molecule has 2 aromatic carbocycles. The molecule has 0 amide bonds. The van der Waals surface area contributed by atoms with Crippen molar-refractivity contribution >= 4 is 7.60 Å². The van der Waals surface area contributed by atoms with E-state index in [1.807, 2.05) is 36.4 Å². The first-order valence-corrected chi connectivity index (χ1v) is 12.6. The number of aliphatic hydroxyl groups excluding tert-OH is 4. The van der Waals surface area contributed by atoms with E-state index in [9.17, 15) is 29.9 Å². The maximum absolute atomic E-state index is 11.9. The Hall–Kier alpha value is -1.81. The van der Waals surface area contributed by atoms with Crippen molar-refractivity contribution in [3.8, 4) is 16.9 Å². The molecule has 3 rings (SSSR count). The fourth-order valence-electron chi connectivity index (χ4n) is 3.74. The molecule has 1 fully saturated rings. The summed E-state index contributed by atoms with van der Waals surface area (Å²) in [7, 11) is -3.56. The molecule has 1 aliphatic heterocycles. The lowest BCUT2D eigenvalue weighted by atomic mass is 9.98. The molecule has 0 spiro atoms. The van der Waals surface area contributed by atoms with Crippen LogP contribution < -0.4 is 4.74 Å². The van der Waals surface area contributed by atoms with Crippen LogP contribution in [0.4, 0.5) is 0 Å². The standard InChI is InChI=1S/C23H31O9P/c1-2-30-33(28,29)12-6-8-15-7-5-9-16(13-15)17-10-3-4-11-18(17)31-23-22(27)21(26)20(25)19(14-24)32-23/h3-5,7,9-11,13,19-27H,2,6,8,12,14H2,1H3,(H,28,29)/t19-,20-,21+,22+,23+/m1/s1. The second kappa shape index (κ2) is 11.6. The lowest BCUT2D eigenvalue weighted by Crippen LogP contribution is -2.60. The summed E-state index contributed by atoms with van der Waals surface area (Å²) in [6.45, 7) is 1.32. The highest BCUT2D eigenvalue weighted by molar-refractivity contribution is 7.52. The second-order valence-corrected chi connectivity index (χ2v) is 9.87. The van der Waals surface area contributed by atoms with Gasteiger partial charge in [0.1, 0.15) is 30.2 Å². The quantitative estimate of drug-likeness (QED) is 0.319. The predicted octanol–water partition coefficient (Wildman–Crippen LogP) is 1.69. The van der Waals surface area contributed by atoms with Crippen molar-refractivity contribution in [1.82, 2.24) is 0 Å². The van der Waals surface area contributed by atoms with Crippen LogP contribution in [0.3, 0.4) is 0 Å². The van der Waals surface area contributed by atoms with E-state index in [0.29, 0.717) is 24.2 Å². The van der Waals surface area contributed by atoms with Gasteiger partial charge in [-0.05, 0) is 37.0 Å². The molecule has 10 heteroatoms. The van der Waals surface area contributed by atoms with Gasteiger partial charge in [0.2, 0.25) is 6.29 Å². The van der Waals surface area contributed by atoms with E-state index in [1.165, 1.54) is 0 Å². The average molecular weight is 482 g/mol. The van der Waals surface area contributed by atoms with Gasteiger partial charge in [0, 0.05) is 5.56 Å². The maximum Gasteiger partial charge on any atom is 0.328 e. The number of aliphatic hydroxyl groups is 4. The van der Waals surface area contributed by atoms with Gasteiger partial charge in [0.25, 0.3) is 0 Å². The van der Waals surface area contributed by atoms with Crippen LogP contribution >= 0.6 is 7.60 Å². The molecule has 6 atom stereocenters. The first-order chi connectivity index (χ1) is 15.8. The molecule has 33 heavy (non-hydrogen) atoms. The maximum atomic E-state index is 11.9. The number of hydrogen-bond donors (Lipinski definition) is 5. The number of rotatable bonds is 10. The van der Waals surface area contributed by atoms with E-state index in [2.05, 4.69) is 0 Å². The molecule has 0 bridgehead atoms. The topological polar surface area (TPSA) is 146 Å². The number of benzene rings is 2. The molecular formula is C23H31O9P. The summed E-state index contributed by atoms with van der Waals surface area (Å²) in [6, 6.07) is 14.7. The van der Waals surface area contributed by atoms with Crippen LogP contribution in [0.5, 0.6) is 5.75 Å². The Kier molecular flexibility index (Phi) is 9.03. The van der Waals surface area contributed by atoms with Gasteiger partial charge >= 0.3 is 7.60 Å². The summed E-state index contributed by atoms with van der Waals surface area (Å²) < 4.78 is 28.1. The van der Waals surface area contributed by atoms with Crippen LogP contribution in [0, 0.1) is 0 Å². The second-order valence-electron chi connectivity index (χ2n) is 7.89. The van der Waals surface area contributed by atoms with Crippen LogP contribution in [0.15, 0.2) is 48.5 Å². The summed E-state index contributed by atoms with van der Waals surface area (Å²) in [4.78, 5) is 9.75. The van der Waals surface area contributed by atoms with E-state index in [-0.39, 0.29) is 12.8 Å². The molecule has 0 aliphatic carbocycles.